The molecule has 0 spiro atoms. The van der Waals surface area contributed by atoms with Crippen molar-refractivity contribution in [3.8, 4) is 0 Å². The van der Waals surface area contributed by atoms with Gasteiger partial charge in [-0.25, -0.2) is 0 Å². The number of likely N-dealkylation sites (tertiary alicyclic amines) is 1. The average Bonchev–Trinajstić information content (AvgIpc) is 2.63. The molecule has 0 bridgehead atoms. The molecular formula is C21H27N3O. The second-order valence-corrected chi connectivity index (χ2v) is 7.22. The second kappa shape index (κ2) is 8.26. The fourth-order valence-corrected chi connectivity index (χ4v) is 3.64. The van der Waals surface area contributed by atoms with E-state index in [0.717, 1.165) is 23.9 Å². The number of carbonyl (C=O) groups is 1. The number of hydrogen-bond acceptors (Lipinski definition) is 3. The SMILES string of the molecule is C[C@@H]1CN(C)CC[C@@H]1CCc1ccc(NC(=O)c2cccnc2)cc1. The Morgan fingerprint density at radius 3 is 2.76 bits per heavy atom. The molecule has 25 heavy (non-hydrogen) atoms. The molecule has 1 aliphatic heterocycles. The summed E-state index contributed by atoms with van der Waals surface area (Å²) in [4.78, 5) is 18.5. The molecule has 1 aliphatic rings. The number of benzene rings is 1. The highest BCUT2D eigenvalue weighted by atomic mass is 16.1. The van der Waals surface area contributed by atoms with E-state index in [1.807, 2.05) is 12.1 Å². The minimum absolute atomic E-state index is 0.124. The molecule has 4 heteroatoms. The van der Waals surface area contributed by atoms with Crippen LogP contribution < -0.4 is 5.32 Å². The van der Waals surface area contributed by atoms with E-state index in [1.54, 1.807) is 24.5 Å². The molecule has 2 aromatic rings. The number of nitrogens with zero attached hydrogens (tertiary/aromatic N) is 2. The van der Waals surface area contributed by atoms with Crippen LogP contribution in [0.1, 0.15) is 35.7 Å². The number of hydrogen-bond donors (Lipinski definition) is 1. The molecule has 4 nitrogen and oxygen atoms in total. The predicted octanol–water partition coefficient (Wildman–Crippen LogP) is 3.85. The van der Waals surface area contributed by atoms with Crippen LogP contribution in [0.2, 0.25) is 0 Å². The largest absolute Gasteiger partial charge is 0.322 e. The van der Waals surface area contributed by atoms with Gasteiger partial charge in [0.05, 0.1) is 5.56 Å². The Kier molecular flexibility index (Phi) is 5.82. The lowest BCUT2D eigenvalue weighted by Crippen LogP contribution is -2.36. The van der Waals surface area contributed by atoms with Crippen molar-refractivity contribution in [2.24, 2.45) is 11.8 Å². The highest BCUT2D eigenvalue weighted by molar-refractivity contribution is 6.03. The number of piperidine rings is 1. The molecule has 132 valence electrons. The Bertz CT molecular complexity index is 684. The summed E-state index contributed by atoms with van der Waals surface area (Å²) in [6, 6.07) is 11.8. The van der Waals surface area contributed by atoms with Gasteiger partial charge in [-0.1, -0.05) is 19.1 Å². The number of nitrogens with one attached hydrogen (secondary N) is 1. The third-order valence-corrected chi connectivity index (χ3v) is 5.23. The maximum atomic E-state index is 12.1. The predicted molar refractivity (Wildman–Crippen MR) is 102 cm³/mol. The molecule has 1 saturated heterocycles. The molecule has 2 atom stereocenters. The van der Waals surface area contributed by atoms with Gasteiger partial charge in [0.1, 0.15) is 0 Å². The standard InChI is InChI=1S/C21H27N3O/c1-16-15-24(2)13-11-18(16)8-5-17-6-9-20(10-7-17)23-21(25)19-4-3-12-22-14-19/h3-4,6-7,9-10,12,14,16,18H,5,8,11,13,15H2,1-2H3,(H,23,25)/t16-,18+/m1/s1. The minimum atomic E-state index is -0.124. The van der Waals surface area contributed by atoms with E-state index < -0.39 is 0 Å². The van der Waals surface area contributed by atoms with Gasteiger partial charge in [0, 0.05) is 24.6 Å². The first kappa shape index (κ1) is 17.6. The van der Waals surface area contributed by atoms with Gasteiger partial charge in [-0.05, 0) is 74.5 Å². The topological polar surface area (TPSA) is 45.2 Å². The molecule has 1 aromatic carbocycles. The Labute approximate surface area is 150 Å². The molecule has 1 N–H and O–H groups in total. The van der Waals surface area contributed by atoms with Gasteiger partial charge in [0.15, 0.2) is 0 Å². The number of carbonyl (C=O) groups excluding carboxylic acids is 1. The number of aryl methyl sites for hydroxylation is 1. The molecule has 0 radical (unpaired) electrons. The van der Waals surface area contributed by atoms with Crippen LogP contribution in [-0.4, -0.2) is 35.9 Å². The summed E-state index contributed by atoms with van der Waals surface area (Å²) in [5.74, 6) is 1.47. The van der Waals surface area contributed by atoms with Gasteiger partial charge in [-0.2, -0.15) is 0 Å². The van der Waals surface area contributed by atoms with Crippen molar-refractivity contribution in [3.63, 3.8) is 0 Å². The third kappa shape index (κ3) is 4.89. The Hall–Kier alpha value is -2.20. The fourth-order valence-electron chi connectivity index (χ4n) is 3.64. The van der Waals surface area contributed by atoms with Crippen LogP contribution in [-0.2, 0) is 6.42 Å². The van der Waals surface area contributed by atoms with Crippen LogP contribution in [0, 0.1) is 11.8 Å². The fraction of sp³-hybridized carbons (Fsp3) is 0.429. The molecule has 0 aliphatic carbocycles. The molecule has 1 aromatic heterocycles. The molecule has 0 unspecified atom stereocenters. The van der Waals surface area contributed by atoms with Gasteiger partial charge >= 0.3 is 0 Å². The van der Waals surface area contributed by atoms with Gasteiger partial charge in [-0.3, -0.25) is 9.78 Å². The van der Waals surface area contributed by atoms with Crippen molar-refractivity contribution in [2.45, 2.75) is 26.2 Å². The van der Waals surface area contributed by atoms with Crippen molar-refractivity contribution in [3.05, 3.63) is 59.9 Å². The van der Waals surface area contributed by atoms with E-state index >= 15 is 0 Å². The summed E-state index contributed by atoms with van der Waals surface area (Å²) in [5, 5.41) is 2.92. The summed E-state index contributed by atoms with van der Waals surface area (Å²) in [7, 11) is 2.21. The van der Waals surface area contributed by atoms with Crippen LogP contribution >= 0.6 is 0 Å². The lowest BCUT2D eigenvalue weighted by molar-refractivity contribution is 0.102. The first-order chi connectivity index (χ1) is 12.1. The summed E-state index contributed by atoms with van der Waals surface area (Å²) < 4.78 is 0. The van der Waals surface area contributed by atoms with Crippen LogP contribution in [0.3, 0.4) is 0 Å². The summed E-state index contributed by atoms with van der Waals surface area (Å²) in [6.07, 6.45) is 6.89. The van der Waals surface area contributed by atoms with Crippen molar-refractivity contribution in [2.75, 3.05) is 25.5 Å². The Morgan fingerprint density at radius 2 is 2.08 bits per heavy atom. The van der Waals surface area contributed by atoms with Gasteiger partial charge in [-0.15, -0.1) is 0 Å². The van der Waals surface area contributed by atoms with Crippen LogP contribution in [0.15, 0.2) is 48.8 Å². The van der Waals surface area contributed by atoms with Crippen LogP contribution in [0.25, 0.3) is 0 Å². The number of aromatic nitrogens is 1. The van der Waals surface area contributed by atoms with Crippen LogP contribution in [0.5, 0.6) is 0 Å². The number of amides is 1. The van der Waals surface area contributed by atoms with E-state index in [4.69, 9.17) is 0 Å². The zero-order valence-electron chi connectivity index (χ0n) is 15.1. The van der Waals surface area contributed by atoms with Crippen molar-refractivity contribution in [1.29, 1.82) is 0 Å². The smallest absolute Gasteiger partial charge is 0.257 e. The molecular weight excluding hydrogens is 310 g/mol. The van der Waals surface area contributed by atoms with Crippen molar-refractivity contribution < 1.29 is 4.79 Å². The molecule has 1 fully saturated rings. The average molecular weight is 337 g/mol. The maximum absolute atomic E-state index is 12.1. The molecule has 2 heterocycles. The van der Waals surface area contributed by atoms with E-state index in [1.165, 1.54) is 31.5 Å². The van der Waals surface area contributed by atoms with E-state index in [9.17, 15) is 4.79 Å². The van der Waals surface area contributed by atoms with E-state index in [-0.39, 0.29) is 5.91 Å². The van der Waals surface area contributed by atoms with E-state index in [2.05, 4.69) is 41.3 Å². The zero-order chi connectivity index (χ0) is 17.6. The second-order valence-electron chi connectivity index (χ2n) is 7.22. The Balaban J connectivity index is 1.51. The third-order valence-electron chi connectivity index (χ3n) is 5.23. The summed E-state index contributed by atoms with van der Waals surface area (Å²) in [5.41, 5.74) is 2.73. The van der Waals surface area contributed by atoms with Crippen molar-refractivity contribution in [1.82, 2.24) is 9.88 Å². The molecule has 3 rings (SSSR count). The highest BCUT2D eigenvalue weighted by Gasteiger charge is 2.23. The maximum Gasteiger partial charge on any atom is 0.257 e. The lowest BCUT2D eigenvalue weighted by atomic mass is 9.83. The number of rotatable bonds is 5. The summed E-state index contributed by atoms with van der Waals surface area (Å²) in [6.45, 7) is 4.80. The zero-order valence-corrected chi connectivity index (χ0v) is 15.1. The minimum Gasteiger partial charge on any atom is -0.322 e. The van der Waals surface area contributed by atoms with Crippen LogP contribution in [0.4, 0.5) is 5.69 Å². The molecule has 0 saturated carbocycles. The van der Waals surface area contributed by atoms with Gasteiger partial charge < -0.3 is 10.2 Å². The van der Waals surface area contributed by atoms with Gasteiger partial charge in [0.2, 0.25) is 0 Å². The monoisotopic (exact) mass is 337 g/mol. The normalized spacial score (nSPS) is 21.0. The first-order valence-corrected chi connectivity index (χ1v) is 9.10. The van der Waals surface area contributed by atoms with E-state index in [0.29, 0.717) is 5.56 Å². The quantitative estimate of drug-likeness (QED) is 0.901. The number of pyridine rings is 1. The number of anilines is 1. The van der Waals surface area contributed by atoms with Crippen molar-refractivity contribution >= 4 is 11.6 Å². The lowest BCUT2D eigenvalue weighted by Gasteiger charge is -2.34. The summed E-state index contributed by atoms with van der Waals surface area (Å²) >= 11 is 0. The highest BCUT2D eigenvalue weighted by Crippen LogP contribution is 2.27. The Morgan fingerprint density at radius 1 is 1.28 bits per heavy atom. The molecule has 1 amide bonds. The first-order valence-electron chi connectivity index (χ1n) is 9.10. The van der Waals surface area contributed by atoms with Gasteiger partial charge in [0.25, 0.3) is 5.91 Å².